The summed E-state index contributed by atoms with van der Waals surface area (Å²) < 4.78 is 1.68. The molecule has 0 bridgehead atoms. The molecule has 2 nitrogen and oxygen atoms in total. The van der Waals surface area contributed by atoms with E-state index in [0.29, 0.717) is 15.1 Å². The van der Waals surface area contributed by atoms with Gasteiger partial charge in [-0.3, -0.25) is 4.99 Å². The maximum Gasteiger partial charge on any atom is 0.138 e. The minimum Gasteiger partial charge on any atom is -0.506 e. The number of phenols is 1. The molecule has 0 fully saturated rings. The van der Waals surface area contributed by atoms with Crippen LogP contribution in [-0.4, -0.2) is 11.3 Å². The molecule has 0 aliphatic rings. The molecule has 18 heavy (non-hydrogen) atoms. The Kier molecular flexibility index (Phi) is 4.64. The molecule has 2 aromatic rings. The van der Waals surface area contributed by atoms with Crippen molar-refractivity contribution in [1.29, 1.82) is 0 Å². The molecule has 92 valence electrons. The number of hydrogen-bond acceptors (Lipinski definition) is 2. The first-order valence-corrected chi connectivity index (χ1v) is 7.29. The predicted octanol–water partition coefficient (Wildman–Crippen LogP) is 5.16. The zero-order valence-electron chi connectivity index (χ0n) is 9.07. The first-order chi connectivity index (χ1) is 8.56. The van der Waals surface area contributed by atoms with E-state index >= 15 is 0 Å². The Morgan fingerprint density at radius 1 is 1.22 bits per heavy atom. The Bertz CT molecular complexity index is 599. The number of nitrogens with zero attached hydrogens (tertiary/aromatic N) is 1. The van der Waals surface area contributed by atoms with Crippen molar-refractivity contribution in [3.63, 3.8) is 0 Å². The van der Waals surface area contributed by atoms with E-state index in [1.165, 1.54) is 0 Å². The van der Waals surface area contributed by atoms with Gasteiger partial charge in [-0.1, -0.05) is 11.6 Å². The first-order valence-electron chi connectivity index (χ1n) is 5.04. The van der Waals surface area contributed by atoms with Gasteiger partial charge in [0.05, 0.1) is 10.2 Å². The second kappa shape index (κ2) is 6.04. The van der Waals surface area contributed by atoms with Gasteiger partial charge in [0, 0.05) is 20.4 Å². The number of benzene rings is 2. The fourth-order valence-corrected chi connectivity index (χ4v) is 3.03. The summed E-state index contributed by atoms with van der Waals surface area (Å²) in [5.74, 6) is 0.188. The Labute approximate surface area is 132 Å². The van der Waals surface area contributed by atoms with Crippen molar-refractivity contribution >= 4 is 62.0 Å². The summed E-state index contributed by atoms with van der Waals surface area (Å²) in [5.41, 5.74) is 1.46. The van der Waals surface area contributed by atoms with E-state index in [9.17, 15) is 5.11 Å². The number of aromatic hydroxyl groups is 1. The van der Waals surface area contributed by atoms with E-state index in [1.54, 1.807) is 18.3 Å². The zero-order chi connectivity index (χ0) is 13.1. The molecule has 0 atom stereocenters. The van der Waals surface area contributed by atoms with Crippen LogP contribution in [0.25, 0.3) is 0 Å². The summed E-state index contributed by atoms with van der Waals surface area (Å²) >= 11 is 11.3. The van der Waals surface area contributed by atoms with Crippen LogP contribution in [0.1, 0.15) is 5.56 Å². The summed E-state index contributed by atoms with van der Waals surface area (Å²) in [6.07, 6.45) is 1.63. The van der Waals surface area contributed by atoms with Crippen molar-refractivity contribution in [2.75, 3.05) is 0 Å². The molecule has 0 amide bonds. The average molecular weight is 436 g/mol. The largest absolute Gasteiger partial charge is 0.506 e. The van der Waals surface area contributed by atoms with Crippen molar-refractivity contribution in [1.82, 2.24) is 0 Å². The molecule has 0 heterocycles. The van der Waals surface area contributed by atoms with Crippen LogP contribution in [0.15, 0.2) is 45.9 Å². The lowest BCUT2D eigenvalue weighted by atomic mass is 10.2. The van der Waals surface area contributed by atoms with Gasteiger partial charge in [0.25, 0.3) is 0 Å². The summed E-state index contributed by atoms with van der Waals surface area (Å²) in [7, 11) is 0. The molecule has 0 aliphatic carbocycles. The summed E-state index contributed by atoms with van der Waals surface area (Å²) in [6, 6.07) is 10.9. The molecule has 0 unspecified atom stereocenters. The number of rotatable bonds is 2. The van der Waals surface area contributed by atoms with Crippen LogP contribution in [0.4, 0.5) is 5.69 Å². The molecular formula is C13H8BrClINO. The van der Waals surface area contributed by atoms with E-state index in [2.05, 4.69) is 43.5 Å². The Morgan fingerprint density at radius 2 is 1.89 bits per heavy atom. The lowest BCUT2D eigenvalue weighted by Crippen LogP contribution is -1.85. The van der Waals surface area contributed by atoms with Crippen LogP contribution in [-0.2, 0) is 0 Å². The normalized spacial score (nSPS) is 11.1. The van der Waals surface area contributed by atoms with Gasteiger partial charge in [-0.05, 0) is 74.9 Å². The van der Waals surface area contributed by atoms with Gasteiger partial charge in [0.15, 0.2) is 0 Å². The lowest BCUT2D eigenvalue weighted by molar-refractivity contribution is 0.471. The van der Waals surface area contributed by atoms with Crippen LogP contribution >= 0.6 is 50.1 Å². The summed E-state index contributed by atoms with van der Waals surface area (Å²) in [4.78, 5) is 4.29. The monoisotopic (exact) mass is 435 g/mol. The van der Waals surface area contributed by atoms with E-state index < -0.39 is 0 Å². The SMILES string of the molecule is Oc1c(Br)cc(I)cc1C=Nc1ccc(Cl)cc1. The van der Waals surface area contributed by atoms with Gasteiger partial charge in [0.1, 0.15) is 5.75 Å². The minimum absolute atomic E-state index is 0.188. The van der Waals surface area contributed by atoms with Crippen LogP contribution in [0.5, 0.6) is 5.75 Å². The molecule has 1 N–H and O–H groups in total. The van der Waals surface area contributed by atoms with Gasteiger partial charge in [-0.2, -0.15) is 0 Å². The second-order valence-corrected chi connectivity index (χ2v) is 6.10. The molecule has 0 saturated heterocycles. The summed E-state index contributed by atoms with van der Waals surface area (Å²) in [5, 5.41) is 10.6. The van der Waals surface area contributed by atoms with Crippen molar-refractivity contribution in [3.05, 3.63) is 55.0 Å². The standard InChI is InChI=1S/C13H8BrClINO/c14-12-6-10(16)5-8(13(12)18)7-17-11-3-1-9(15)2-4-11/h1-7,18H. The van der Waals surface area contributed by atoms with E-state index in [-0.39, 0.29) is 5.75 Å². The predicted molar refractivity (Wildman–Crippen MR) is 87.2 cm³/mol. The highest BCUT2D eigenvalue weighted by atomic mass is 127. The molecule has 0 saturated carbocycles. The molecular weight excluding hydrogens is 428 g/mol. The second-order valence-electron chi connectivity index (χ2n) is 3.56. The number of hydrogen-bond donors (Lipinski definition) is 1. The topological polar surface area (TPSA) is 32.6 Å². The van der Waals surface area contributed by atoms with Crippen molar-refractivity contribution < 1.29 is 5.11 Å². The van der Waals surface area contributed by atoms with Gasteiger partial charge in [-0.15, -0.1) is 0 Å². The molecule has 0 radical (unpaired) electrons. The average Bonchev–Trinajstić information content (AvgIpc) is 2.34. The maximum atomic E-state index is 9.88. The highest BCUT2D eigenvalue weighted by molar-refractivity contribution is 14.1. The van der Waals surface area contributed by atoms with Crippen LogP contribution in [0.2, 0.25) is 5.02 Å². The Hall–Kier alpha value is -0.590. The molecule has 2 aromatic carbocycles. The highest BCUT2D eigenvalue weighted by Gasteiger charge is 2.05. The Morgan fingerprint density at radius 3 is 2.56 bits per heavy atom. The van der Waals surface area contributed by atoms with Crippen LogP contribution in [0.3, 0.4) is 0 Å². The van der Waals surface area contributed by atoms with Gasteiger partial charge in [0.2, 0.25) is 0 Å². The molecule has 0 spiro atoms. The van der Waals surface area contributed by atoms with Gasteiger partial charge in [-0.25, -0.2) is 0 Å². The fourth-order valence-electron chi connectivity index (χ4n) is 1.36. The molecule has 0 aromatic heterocycles. The Balaban J connectivity index is 2.31. The molecule has 5 heteroatoms. The fraction of sp³-hybridized carbons (Fsp3) is 0. The molecule has 2 rings (SSSR count). The number of halogens is 3. The minimum atomic E-state index is 0.188. The van der Waals surface area contributed by atoms with Gasteiger partial charge < -0.3 is 5.11 Å². The summed E-state index contributed by atoms with van der Waals surface area (Å²) in [6.45, 7) is 0. The van der Waals surface area contributed by atoms with E-state index in [0.717, 1.165) is 9.26 Å². The van der Waals surface area contributed by atoms with Crippen LogP contribution < -0.4 is 0 Å². The zero-order valence-corrected chi connectivity index (χ0v) is 13.6. The maximum absolute atomic E-state index is 9.88. The van der Waals surface area contributed by atoms with Gasteiger partial charge >= 0.3 is 0 Å². The number of aliphatic imine (C=N–C) groups is 1. The third kappa shape index (κ3) is 3.46. The van der Waals surface area contributed by atoms with E-state index in [4.69, 9.17) is 11.6 Å². The third-order valence-corrected chi connectivity index (χ3v) is 3.72. The van der Waals surface area contributed by atoms with Crippen molar-refractivity contribution in [3.8, 4) is 5.75 Å². The van der Waals surface area contributed by atoms with Crippen molar-refractivity contribution in [2.45, 2.75) is 0 Å². The quantitative estimate of drug-likeness (QED) is 0.512. The van der Waals surface area contributed by atoms with Crippen LogP contribution in [0, 0.1) is 3.57 Å². The number of phenolic OH excluding ortho intramolecular Hbond substituents is 1. The highest BCUT2D eigenvalue weighted by Crippen LogP contribution is 2.29. The molecule has 0 aliphatic heterocycles. The smallest absolute Gasteiger partial charge is 0.138 e. The first kappa shape index (κ1) is 13.8. The van der Waals surface area contributed by atoms with Crippen molar-refractivity contribution in [2.24, 2.45) is 4.99 Å². The third-order valence-electron chi connectivity index (χ3n) is 2.24. The van der Waals surface area contributed by atoms with E-state index in [1.807, 2.05) is 24.3 Å². The lowest BCUT2D eigenvalue weighted by Gasteiger charge is -2.02.